The number of hydrogen-bond donors (Lipinski definition) is 1. The molecule has 0 amide bonds. The summed E-state index contributed by atoms with van der Waals surface area (Å²) < 4.78 is 1.07. The van der Waals surface area contributed by atoms with Gasteiger partial charge in [0, 0.05) is 27.9 Å². The molecule has 6 heteroatoms. The molecule has 3 aromatic rings. The molecule has 0 saturated carbocycles. The van der Waals surface area contributed by atoms with Gasteiger partial charge >= 0.3 is 0 Å². The summed E-state index contributed by atoms with van der Waals surface area (Å²) in [7, 11) is 0. The van der Waals surface area contributed by atoms with Crippen LogP contribution in [0.15, 0.2) is 42.5 Å². The maximum absolute atomic E-state index is 12.8. The molecule has 2 aromatic carbocycles. The largest absolute Gasteiger partial charge is 0.494 e. The van der Waals surface area contributed by atoms with Crippen LogP contribution in [0.3, 0.4) is 0 Å². The van der Waals surface area contributed by atoms with Crippen molar-refractivity contribution in [2.45, 2.75) is 6.92 Å². The van der Waals surface area contributed by atoms with Crippen molar-refractivity contribution in [1.82, 2.24) is 4.57 Å². The summed E-state index contributed by atoms with van der Waals surface area (Å²) in [5, 5.41) is 11.8. The van der Waals surface area contributed by atoms with E-state index >= 15 is 0 Å². The molecule has 0 aliphatic carbocycles. The first-order chi connectivity index (χ1) is 10.9. The molecule has 0 fully saturated rings. The van der Waals surface area contributed by atoms with Gasteiger partial charge in [0.1, 0.15) is 0 Å². The van der Waals surface area contributed by atoms with Crippen LogP contribution in [0.1, 0.15) is 27.6 Å². The van der Waals surface area contributed by atoms with Crippen LogP contribution in [0, 0.1) is 0 Å². The van der Waals surface area contributed by atoms with Crippen LogP contribution in [0.2, 0.25) is 10.0 Å². The zero-order valence-corrected chi connectivity index (χ0v) is 13.5. The summed E-state index contributed by atoms with van der Waals surface area (Å²) >= 11 is 11.8. The van der Waals surface area contributed by atoms with Crippen molar-refractivity contribution in [3.05, 3.63) is 63.6 Å². The number of ketones is 1. The van der Waals surface area contributed by atoms with Gasteiger partial charge in [0.15, 0.2) is 5.78 Å². The molecular weight excluding hydrogens is 337 g/mol. The standard InChI is InChI=1S/C17H11Cl2NO3/c1-9(21)20-14-8-12(19)6-7-13(14)15(17(20)23)16(22)10-2-4-11(18)5-3-10/h2-8,23H,1H3. The number of hydrogen-bond acceptors (Lipinski definition) is 3. The molecule has 0 aliphatic rings. The Hall–Kier alpha value is -2.30. The van der Waals surface area contributed by atoms with Gasteiger partial charge in [-0.25, -0.2) is 4.57 Å². The fourth-order valence-corrected chi connectivity index (χ4v) is 2.83. The van der Waals surface area contributed by atoms with Crippen molar-refractivity contribution in [3.63, 3.8) is 0 Å². The molecule has 0 spiro atoms. The summed E-state index contributed by atoms with van der Waals surface area (Å²) in [6.07, 6.45) is 0. The predicted octanol–water partition coefficient (Wildman–Crippen LogP) is 4.54. The predicted molar refractivity (Wildman–Crippen MR) is 89.8 cm³/mol. The van der Waals surface area contributed by atoms with Crippen LogP contribution in [0.4, 0.5) is 0 Å². The van der Waals surface area contributed by atoms with Crippen molar-refractivity contribution in [1.29, 1.82) is 0 Å². The highest BCUT2D eigenvalue weighted by atomic mass is 35.5. The molecule has 0 bridgehead atoms. The maximum Gasteiger partial charge on any atom is 0.230 e. The van der Waals surface area contributed by atoms with Crippen LogP contribution >= 0.6 is 23.2 Å². The van der Waals surface area contributed by atoms with E-state index in [1.165, 1.54) is 13.0 Å². The lowest BCUT2D eigenvalue weighted by Crippen LogP contribution is -2.06. The van der Waals surface area contributed by atoms with Gasteiger partial charge in [0.05, 0.1) is 11.1 Å². The molecule has 3 rings (SSSR count). The Balaban J connectivity index is 2.29. The number of carbonyl (C=O) groups is 2. The van der Waals surface area contributed by atoms with Crippen LogP contribution in [0.25, 0.3) is 10.9 Å². The van der Waals surface area contributed by atoms with Gasteiger partial charge in [-0.15, -0.1) is 0 Å². The molecule has 4 nitrogen and oxygen atoms in total. The smallest absolute Gasteiger partial charge is 0.230 e. The topological polar surface area (TPSA) is 59.3 Å². The minimum Gasteiger partial charge on any atom is -0.494 e. The van der Waals surface area contributed by atoms with Gasteiger partial charge in [-0.05, 0) is 36.4 Å². The molecule has 0 saturated heterocycles. The number of aromatic nitrogens is 1. The average molecular weight is 348 g/mol. The lowest BCUT2D eigenvalue weighted by molar-refractivity contribution is 0.0933. The van der Waals surface area contributed by atoms with E-state index in [-0.39, 0.29) is 5.56 Å². The van der Waals surface area contributed by atoms with E-state index in [2.05, 4.69) is 0 Å². The monoisotopic (exact) mass is 347 g/mol. The minimum atomic E-state index is -0.412. The molecule has 116 valence electrons. The molecule has 1 N–H and O–H groups in total. The number of nitrogens with zero attached hydrogens (tertiary/aromatic N) is 1. The van der Waals surface area contributed by atoms with E-state index in [1.54, 1.807) is 36.4 Å². The van der Waals surface area contributed by atoms with Crippen molar-refractivity contribution in [2.24, 2.45) is 0 Å². The average Bonchev–Trinajstić information content (AvgIpc) is 2.78. The highest BCUT2D eigenvalue weighted by Crippen LogP contribution is 2.34. The zero-order valence-electron chi connectivity index (χ0n) is 12.0. The molecule has 23 heavy (non-hydrogen) atoms. The van der Waals surface area contributed by atoms with Gasteiger partial charge in [0.2, 0.25) is 11.8 Å². The van der Waals surface area contributed by atoms with Crippen LogP contribution < -0.4 is 0 Å². The Kier molecular flexibility index (Phi) is 3.88. The van der Waals surface area contributed by atoms with Crippen molar-refractivity contribution in [2.75, 3.05) is 0 Å². The highest BCUT2D eigenvalue weighted by Gasteiger charge is 2.25. The van der Waals surface area contributed by atoms with Crippen LogP contribution in [0.5, 0.6) is 5.88 Å². The summed E-state index contributed by atoms with van der Waals surface area (Å²) in [6, 6.07) is 11.1. The van der Waals surface area contributed by atoms with Crippen molar-refractivity contribution < 1.29 is 14.7 Å². The number of benzene rings is 2. The maximum atomic E-state index is 12.8. The SMILES string of the molecule is CC(=O)n1c(O)c(C(=O)c2ccc(Cl)cc2)c2ccc(Cl)cc21. The van der Waals surface area contributed by atoms with Crippen LogP contribution in [-0.4, -0.2) is 21.4 Å². The van der Waals surface area contributed by atoms with Gasteiger partial charge in [-0.2, -0.15) is 0 Å². The quantitative estimate of drug-likeness (QED) is 0.692. The number of aromatic hydroxyl groups is 1. The van der Waals surface area contributed by atoms with E-state index < -0.39 is 17.6 Å². The Morgan fingerprint density at radius 3 is 2.22 bits per heavy atom. The van der Waals surface area contributed by atoms with Gasteiger partial charge in [-0.1, -0.05) is 29.3 Å². The minimum absolute atomic E-state index is 0.0641. The third-order valence-corrected chi connectivity index (χ3v) is 4.04. The lowest BCUT2D eigenvalue weighted by atomic mass is 10.0. The Morgan fingerprint density at radius 1 is 1.00 bits per heavy atom. The van der Waals surface area contributed by atoms with E-state index in [0.29, 0.717) is 26.5 Å². The molecular formula is C17H11Cl2NO3. The number of carbonyl (C=O) groups excluding carboxylic acids is 2. The van der Waals surface area contributed by atoms with E-state index in [4.69, 9.17) is 23.2 Å². The third-order valence-electron chi connectivity index (χ3n) is 3.55. The van der Waals surface area contributed by atoms with E-state index in [0.717, 1.165) is 4.57 Å². The summed E-state index contributed by atoms with van der Waals surface area (Å²) in [5.74, 6) is -1.20. The van der Waals surface area contributed by atoms with Gasteiger partial charge < -0.3 is 5.11 Å². The van der Waals surface area contributed by atoms with Gasteiger partial charge in [-0.3, -0.25) is 9.59 Å². The fourth-order valence-electron chi connectivity index (χ4n) is 2.54. The second-order valence-corrected chi connectivity index (χ2v) is 5.92. The zero-order chi connectivity index (χ0) is 16.7. The van der Waals surface area contributed by atoms with Crippen molar-refractivity contribution >= 4 is 45.8 Å². The first-order valence-electron chi connectivity index (χ1n) is 6.74. The first-order valence-corrected chi connectivity index (χ1v) is 7.50. The molecule has 1 aromatic heterocycles. The third kappa shape index (κ3) is 2.60. The Labute approximate surface area is 141 Å². The highest BCUT2D eigenvalue weighted by molar-refractivity contribution is 6.32. The van der Waals surface area contributed by atoms with Crippen molar-refractivity contribution in [3.8, 4) is 5.88 Å². The van der Waals surface area contributed by atoms with E-state index in [1.807, 2.05) is 0 Å². The number of fused-ring (bicyclic) bond motifs is 1. The molecule has 0 unspecified atom stereocenters. The second-order valence-electron chi connectivity index (χ2n) is 5.05. The van der Waals surface area contributed by atoms with E-state index in [9.17, 15) is 14.7 Å². The number of rotatable bonds is 2. The number of halogens is 2. The first kappa shape index (κ1) is 15.6. The van der Waals surface area contributed by atoms with Crippen LogP contribution in [-0.2, 0) is 0 Å². The second kappa shape index (κ2) is 5.72. The summed E-state index contributed by atoms with van der Waals surface area (Å²) in [5.41, 5.74) is 0.816. The Bertz CT molecular complexity index is 943. The fraction of sp³-hybridized carbons (Fsp3) is 0.0588. The molecule has 0 atom stereocenters. The van der Waals surface area contributed by atoms with Gasteiger partial charge in [0.25, 0.3) is 0 Å². The molecule has 0 radical (unpaired) electrons. The molecule has 0 aliphatic heterocycles. The summed E-state index contributed by atoms with van der Waals surface area (Å²) in [4.78, 5) is 24.6. The normalized spacial score (nSPS) is 10.9. The summed E-state index contributed by atoms with van der Waals surface area (Å²) in [6.45, 7) is 1.30. The Morgan fingerprint density at radius 2 is 1.61 bits per heavy atom. The lowest BCUT2D eigenvalue weighted by Gasteiger charge is -2.02. The molecule has 1 heterocycles.